The maximum atomic E-state index is 11.9. The SMILES string of the molecule is CC1CN(CCCCNC(=O)C2CCC(N)C2)CC(C)O1.Cl.Cl. The molecule has 0 aromatic heterocycles. The first-order valence-corrected chi connectivity index (χ1v) is 8.45. The van der Waals surface area contributed by atoms with Crippen molar-refractivity contribution in [3.63, 3.8) is 0 Å². The minimum absolute atomic E-state index is 0. The third-order valence-corrected chi connectivity index (χ3v) is 4.54. The number of hydrogen-bond acceptors (Lipinski definition) is 4. The molecule has 5 nitrogen and oxygen atoms in total. The molecule has 0 aromatic rings. The van der Waals surface area contributed by atoms with Crippen LogP contribution in [0.3, 0.4) is 0 Å². The van der Waals surface area contributed by atoms with E-state index in [-0.39, 0.29) is 42.7 Å². The number of nitrogens with zero attached hydrogens (tertiary/aromatic N) is 1. The molecule has 138 valence electrons. The summed E-state index contributed by atoms with van der Waals surface area (Å²) in [5.74, 6) is 0.359. The number of carbonyl (C=O) groups is 1. The van der Waals surface area contributed by atoms with E-state index in [9.17, 15) is 4.79 Å². The van der Waals surface area contributed by atoms with Gasteiger partial charge in [-0.2, -0.15) is 0 Å². The molecule has 0 aromatic carbocycles. The van der Waals surface area contributed by atoms with E-state index in [1.807, 2.05) is 0 Å². The monoisotopic (exact) mass is 369 g/mol. The normalized spacial score (nSPS) is 31.1. The van der Waals surface area contributed by atoms with Gasteiger partial charge in [0.15, 0.2) is 0 Å². The molecule has 2 rings (SSSR count). The summed E-state index contributed by atoms with van der Waals surface area (Å²) in [4.78, 5) is 14.4. The number of halogens is 2. The Kier molecular flexibility index (Phi) is 11.4. The predicted molar refractivity (Wildman–Crippen MR) is 98.5 cm³/mol. The number of carbonyl (C=O) groups excluding carboxylic acids is 1. The van der Waals surface area contributed by atoms with Crippen LogP contribution in [-0.2, 0) is 9.53 Å². The highest BCUT2D eigenvalue weighted by Gasteiger charge is 2.27. The van der Waals surface area contributed by atoms with Gasteiger partial charge in [-0.1, -0.05) is 0 Å². The molecule has 7 heteroatoms. The van der Waals surface area contributed by atoms with Gasteiger partial charge in [-0.05, 0) is 52.5 Å². The summed E-state index contributed by atoms with van der Waals surface area (Å²) >= 11 is 0. The molecule has 2 aliphatic rings. The van der Waals surface area contributed by atoms with E-state index in [1.165, 1.54) is 0 Å². The van der Waals surface area contributed by atoms with Gasteiger partial charge in [0, 0.05) is 31.6 Å². The number of morpholine rings is 1. The Morgan fingerprint density at radius 2 is 1.83 bits per heavy atom. The fourth-order valence-corrected chi connectivity index (χ4v) is 3.54. The highest BCUT2D eigenvalue weighted by Crippen LogP contribution is 2.23. The zero-order chi connectivity index (χ0) is 15.2. The molecule has 1 aliphatic carbocycles. The second-order valence-electron chi connectivity index (χ2n) is 6.79. The molecule has 1 aliphatic heterocycles. The molecule has 1 saturated carbocycles. The second-order valence-corrected chi connectivity index (χ2v) is 6.79. The number of nitrogens with one attached hydrogen (secondary N) is 1. The van der Waals surface area contributed by atoms with Crippen molar-refractivity contribution in [2.75, 3.05) is 26.2 Å². The first-order chi connectivity index (χ1) is 10.0. The zero-order valence-corrected chi connectivity index (χ0v) is 16.0. The van der Waals surface area contributed by atoms with Crippen LogP contribution >= 0.6 is 24.8 Å². The lowest BCUT2D eigenvalue weighted by molar-refractivity contribution is -0.124. The van der Waals surface area contributed by atoms with E-state index in [1.54, 1.807) is 0 Å². The van der Waals surface area contributed by atoms with E-state index in [2.05, 4.69) is 24.1 Å². The highest BCUT2D eigenvalue weighted by molar-refractivity contribution is 5.85. The third kappa shape index (κ3) is 8.03. The molecule has 23 heavy (non-hydrogen) atoms. The summed E-state index contributed by atoms with van der Waals surface area (Å²) in [5, 5.41) is 3.06. The van der Waals surface area contributed by atoms with Crippen LogP contribution in [0.1, 0.15) is 46.0 Å². The molecule has 1 heterocycles. The second kappa shape index (κ2) is 11.5. The fourth-order valence-electron chi connectivity index (χ4n) is 3.54. The maximum absolute atomic E-state index is 11.9. The van der Waals surface area contributed by atoms with Crippen molar-refractivity contribution in [3.8, 4) is 0 Å². The predicted octanol–water partition coefficient (Wildman–Crippen LogP) is 1.96. The summed E-state index contributed by atoms with van der Waals surface area (Å²) < 4.78 is 5.73. The van der Waals surface area contributed by atoms with Gasteiger partial charge in [-0.25, -0.2) is 0 Å². The zero-order valence-electron chi connectivity index (χ0n) is 14.3. The van der Waals surface area contributed by atoms with Gasteiger partial charge in [0.2, 0.25) is 5.91 Å². The summed E-state index contributed by atoms with van der Waals surface area (Å²) in [7, 11) is 0. The Labute approximate surface area is 152 Å². The molecule has 2 fully saturated rings. The van der Waals surface area contributed by atoms with E-state index in [0.29, 0.717) is 12.2 Å². The Bertz CT molecular complexity index is 337. The van der Waals surface area contributed by atoms with E-state index < -0.39 is 0 Å². The van der Waals surface area contributed by atoms with Gasteiger partial charge in [0.1, 0.15) is 0 Å². The molecule has 0 radical (unpaired) electrons. The maximum Gasteiger partial charge on any atom is 0.223 e. The van der Waals surface area contributed by atoms with Crippen LogP contribution in [0.5, 0.6) is 0 Å². The van der Waals surface area contributed by atoms with Gasteiger partial charge in [0.25, 0.3) is 0 Å². The van der Waals surface area contributed by atoms with Crippen molar-refractivity contribution >= 4 is 30.7 Å². The van der Waals surface area contributed by atoms with Gasteiger partial charge in [-0.15, -0.1) is 24.8 Å². The molecule has 4 atom stereocenters. The van der Waals surface area contributed by atoms with Crippen LogP contribution in [0.2, 0.25) is 0 Å². The van der Waals surface area contributed by atoms with Crippen LogP contribution in [0, 0.1) is 5.92 Å². The van der Waals surface area contributed by atoms with Crippen LogP contribution in [-0.4, -0.2) is 55.2 Å². The average Bonchev–Trinajstić information content (AvgIpc) is 2.84. The van der Waals surface area contributed by atoms with Gasteiger partial charge in [0.05, 0.1) is 12.2 Å². The van der Waals surface area contributed by atoms with Crippen molar-refractivity contribution in [2.45, 2.75) is 64.2 Å². The first-order valence-electron chi connectivity index (χ1n) is 8.45. The third-order valence-electron chi connectivity index (χ3n) is 4.54. The Balaban J connectivity index is 0.00000242. The molecule has 0 spiro atoms. The Morgan fingerprint density at radius 1 is 1.17 bits per heavy atom. The van der Waals surface area contributed by atoms with Crippen molar-refractivity contribution in [2.24, 2.45) is 11.7 Å². The minimum Gasteiger partial charge on any atom is -0.373 e. The largest absolute Gasteiger partial charge is 0.373 e. The number of hydrogen-bond donors (Lipinski definition) is 2. The molecule has 4 unspecified atom stereocenters. The van der Waals surface area contributed by atoms with Crippen LogP contribution in [0.25, 0.3) is 0 Å². The molecular formula is C16H33Cl2N3O2. The Morgan fingerprint density at radius 3 is 2.39 bits per heavy atom. The van der Waals surface area contributed by atoms with Crippen molar-refractivity contribution in [3.05, 3.63) is 0 Å². The standard InChI is InChI=1S/C16H31N3O2.2ClH/c1-12-10-19(11-13(2)21-12)8-4-3-7-18-16(20)14-5-6-15(17)9-14;;/h12-15H,3-11,17H2,1-2H3,(H,18,20);2*1H. The lowest BCUT2D eigenvalue weighted by Crippen LogP contribution is -2.45. The van der Waals surface area contributed by atoms with Crippen LogP contribution < -0.4 is 11.1 Å². The van der Waals surface area contributed by atoms with E-state index >= 15 is 0 Å². The Hall–Kier alpha value is -0.0700. The number of nitrogens with two attached hydrogens (primary N) is 1. The van der Waals surface area contributed by atoms with E-state index in [0.717, 1.165) is 58.3 Å². The molecular weight excluding hydrogens is 337 g/mol. The first kappa shape index (κ1) is 22.9. The minimum atomic E-state index is 0. The molecule has 1 amide bonds. The molecule has 1 saturated heterocycles. The van der Waals surface area contributed by atoms with Crippen LogP contribution in [0.15, 0.2) is 0 Å². The quantitative estimate of drug-likeness (QED) is 0.702. The highest BCUT2D eigenvalue weighted by atomic mass is 35.5. The van der Waals surface area contributed by atoms with Crippen molar-refractivity contribution in [1.82, 2.24) is 10.2 Å². The van der Waals surface area contributed by atoms with Crippen molar-refractivity contribution < 1.29 is 9.53 Å². The molecule has 3 N–H and O–H groups in total. The lowest BCUT2D eigenvalue weighted by atomic mass is 10.1. The fraction of sp³-hybridized carbons (Fsp3) is 0.938. The summed E-state index contributed by atoms with van der Waals surface area (Å²) in [6, 6.07) is 0.228. The average molecular weight is 370 g/mol. The van der Waals surface area contributed by atoms with E-state index in [4.69, 9.17) is 10.5 Å². The number of rotatable bonds is 6. The summed E-state index contributed by atoms with van der Waals surface area (Å²) in [6.45, 7) is 8.21. The summed E-state index contributed by atoms with van der Waals surface area (Å²) in [6.07, 6.45) is 5.64. The topological polar surface area (TPSA) is 67.6 Å². The smallest absolute Gasteiger partial charge is 0.223 e. The van der Waals surface area contributed by atoms with Gasteiger partial charge in [-0.3, -0.25) is 9.69 Å². The number of amides is 1. The lowest BCUT2D eigenvalue weighted by Gasteiger charge is -2.35. The molecule has 0 bridgehead atoms. The van der Waals surface area contributed by atoms with Crippen molar-refractivity contribution in [1.29, 1.82) is 0 Å². The van der Waals surface area contributed by atoms with Crippen LogP contribution in [0.4, 0.5) is 0 Å². The number of unbranched alkanes of at least 4 members (excludes halogenated alkanes) is 1. The van der Waals surface area contributed by atoms with Gasteiger partial charge >= 0.3 is 0 Å². The summed E-state index contributed by atoms with van der Waals surface area (Å²) in [5.41, 5.74) is 5.85. The van der Waals surface area contributed by atoms with Gasteiger partial charge < -0.3 is 15.8 Å². The number of ether oxygens (including phenoxy) is 1.